The molecule has 2 heterocycles. The molecule has 1 aliphatic carbocycles. The van der Waals surface area contributed by atoms with Crippen molar-refractivity contribution in [1.29, 1.82) is 0 Å². The van der Waals surface area contributed by atoms with Gasteiger partial charge in [-0.25, -0.2) is 0 Å². The van der Waals surface area contributed by atoms with E-state index in [9.17, 15) is 9.90 Å². The number of anilines is 4. The van der Waals surface area contributed by atoms with Gasteiger partial charge in [-0.3, -0.25) is 4.79 Å². The zero-order chi connectivity index (χ0) is 40.5. The van der Waals surface area contributed by atoms with Crippen LogP contribution < -0.4 is 24.7 Å². The summed E-state index contributed by atoms with van der Waals surface area (Å²) in [6.07, 6.45) is 5.99. The van der Waals surface area contributed by atoms with E-state index in [0.29, 0.717) is 5.57 Å². The van der Waals surface area contributed by atoms with E-state index in [4.69, 9.17) is 0 Å². The normalized spacial score (nSPS) is 14.6. The van der Waals surface area contributed by atoms with Crippen LogP contribution in [-0.4, -0.2) is 62.2 Å². The Balaban J connectivity index is 1.30. The van der Waals surface area contributed by atoms with Crippen molar-refractivity contribution in [1.82, 2.24) is 0 Å². The number of hydrogen-bond donors (Lipinski definition) is 0. The number of carbonyl (C=O) groups excluding carboxylic acids is 1. The highest BCUT2D eigenvalue weighted by Crippen LogP contribution is 2.47. The number of thioether (sulfide) groups is 1. The standard InChI is InChI=1S/C49H48N4O2S2/c1-31(37-29-45(35-14-22-40(23-15-35)52(6)7)57-46(30-37)36-16-24-41(25-17-36)53(8)9)47-48(54)42(49(47)55)26-32-27-43(33-10-18-38(19-11-33)50(2)3)56-44(28-32)34-12-20-39(21-13-34)51(4)5/h10-30H,1-9H3. The second kappa shape index (κ2) is 16.3. The van der Waals surface area contributed by atoms with Gasteiger partial charge in [0.25, 0.3) is 0 Å². The van der Waals surface area contributed by atoms with Crippen LogP contribution in [0.1, 0.15) is 23.6 Å². The highest BCUT2D eigenvalue weighted by atomic mass is 32.2. The van der Waals surface area contributed by atoms with E-state index < -0.39 is 0 Å². The summed E-state index contributed by atoms with van der Waals surface area (Å²) < 4.78 is 0. The van der Waals surface area contributed by atoms with Gasteiger partial charge in [-0.15, -0.1) is 0 Å². The zero-order valence-corrected chi connectivity index (χ0v) is 35.7. The summed E-state index contributed by atoms with van der Waals surface area (Å²) >= 11 is 3.39. The fraction of sp³-hybridized carbons (Fsp3) is 0.184. The summed E-state index contributed by atoms with van der Waals surface area (Å²) in [5.41, 5.74) is 11.6. The van der Waals surface area contributed by atoms with Gasteiger partial charge in [0.1, 0.15) is 0 Å². The largest absolute Gasteiger partial charge is 0.871 e. The molecule has 0 bridgehead atoms. The molecule has 0 N–H and O–H groups in total. The van der Waals surface area contributed by atoms with Gasteiger partial charge in [-0.2, -0.15) is 0 Å². The van der Waals surface area contributed by atoms with E-state index in [1.165, 1.54) is 0 Å². The molecule has 6 nitrogen and oxygen atoms in total. The number of benzene rings is 4. The highest BCUT2D eigenvalue weighted by Gasteiger charge is 2.30. The van der Waals surface area contributed by atoms with E-state index in [1.807, 2.05) is 63.3 Å². The number of nitrogens with zero attached hydrogens (tertiary/aromatic N) is 4. The third-order valence-corrected chi connectivity index (χ3v) is 12.6. The molecule has 4 aromatic carbocycles. The minimum absolute atomic E-state index is 0.209. The van der Waals surface area contributed by atoms with Crippen molar-refractivity contribution in [2.75, 3.05) is 76.0 Å². The molecule has 5 aromatic rings. The van der Waals surface area contributed by atoms with Gasteiger partial charge in [0.05, 0.1) is 0 Å². The number of allylic oxidation sites excluding steroid dienone is 6. The summed E-state index contributed by atoms with van der Waals surface area (Å²) in [7, 11) is 16.2. The predicted molar refractivity (Wildman–Crippen MR) is 246 cm³/mol. The summed E-state index contributed by atoms with van der Waals surface area (Å²) in [5, 5.41) is 14.1. The van der Waals surface area contributed by atoms with Crippen LogP contribution in [0, 0.1) is 0 Å². The van der Waals surface area contributed by atoms with Crippen LogP contribution in [0.25, 0.3) is 36.8 Å². The quantitative estimate of drug-likeness (QED) is 0.103. The van der Waals surface area contributed by atoms with Crippen LogP contribution in [0.2, 0.25) is 0 Å². The molecule has 0 fully saturated rings. The van der Waals surface area contributed by atoms with E-state index in [-0.39, 0.29) is 22.7 Å². The van der Waals surface area contributed by atoms with Gasteiger partial charge in [-0.1, -0.05) is 41.8 Å². The average Bonchev–Trinajstić information content (AvgIpc) is 3.22. The first-order valence-corrected chi connectivity index (χ1v) is 20.5. The van der Waals surface area contributed by atoms with Crippen LogP contribution in [0.15, 0.2) is 149 Å². The molecule has 8 heteroatoms. The van der Waals surface area contributed by atoms with Crippen molar-refractivity contribution in [3.8, 4) is 20.9 Å². The van der Waals surface area contributed by atoms with Gasteiger partial charge < -0.3 is 24.7 Å². The third kappa shape index (κ3) is 8.34. The Morgan fingerprint density at radius 2 is 0.912 bits per heavy atom. The molecule has 57 heavy (non-hydrogen) atoms. The zero-order valence-electron chi connectivity index (χ0n) is 34.0. The Hall–Kier alpha value is -5.83. The number of rotatable bonds is 10. The fourth-order valence-corrected chi connectivity index (χ4v) is 9.03. The molecule has 7 rings (SSSR count). The van der Waals surface area contributed by atoms with Crippen LogP contribution in [0.4, 0.5) is 22.7 Å². The Morgan fingerprint density at radius 3 is 1.25 bits per heavy atom. The topological polar surface area (TPSA) is 53.1 Å². The summed E-state index contributed by atoms with van der Waals surface area (Å²) in [6, 6.07) is 38.0. The molecule has 288 valence electrons. The number of carbonyl (C=O) groups is 1. The molecule has 0 atom stereocenters. The summed E-state index contributed by atoms with van der Waals surface area (Å²) in [6.45, 7) is 1.90. The molecule has 0 unspecified atom stereocenters. The monoisotopic (exact) mass is 788 g/mol. The lowest BCUT2D eigenvalue weighted by Crippen LogP contribution is -2.30. The lowest BCUT2D eigenvalue weighted by Gasteiger charge is -2.32. The van der Waals surface area contributed by atoms with Crippen molar-refractivity contribution in [3.05, 3.63) is 166 Å². The average molecular weight is 789 g/mol. The summed E-state index contributed by atoms with van der Waals surface area (Å²) in [5.74, 6) is -0.444. The van der Waals surface area contributed by atoms with E-state index in [1.54, 1.807) is 29.2 Å². The number of hydrogen-bond acceptors (Lipinski definition) is 7. The lowest BCUT2D eigenvalue weighted by atomic mass is 9.81. The molecule has 1 aliphatic heterocycles. The number of ketones is 1. The second-order valence-electron chi connectivity index (χ2n) is 15.2. The highest BCUT2D eigenvalue weighted by molar-refractivity contribution is 8.16. The first-order valence-electron chi connectivity index (χ1n) is 18.9. The van der Waals surface area contributed by atoms with Crippen LogP contribution in [0.3, 0.4) is 0 Å². The van der Waals surface area contributed by atoms with E-state index >= 15 is 0 Å². The lowest BCUT2D eigenvalue weighted by molar-refractivity contribution is -0.300. The molecule has 0 radical (unpaired) electrons. The molecular weight excluding hydrogens is 741 g/mol. The maximum Gasteiger partial charge on any atom is 0.239 e. The Labute approximate surface area is 345 Å². The molecule has 0 saturated heterocycles. The molecule has 0 spiro atoms. The van der Waals surface area contributed by atoms with E-state index in [2.05, 4.69) is 141 Å². The minimum Gasteiger partial charge on any atom is -0.871 e. The maximum atomic E-state index is 14.1. The second-order valence-corrected chi connectivity index (χ2v) is 17.3. The summed E-state index contributed by atoms with van der Waals surface area (Å²) in [4.78, 5) is 26.6. The first-order chi connectivity index (χ1) is 27.3. The van der Waals surface area contributed by atoms with Crippen LogP contribution in [0.5, 0.6) is 0 Å². The minimum atomic E-state index is -0.222. The third-order valence-electron chi connectivity index (χ3n) is 10.3. The van der Waals surface area contributed by atoms with Gasteiger partial charge in [0.15, 0.2) is 5.78 Å². The molecular formula is C49H48N4O2S2. The van der Waals surface area contributed by atoms with E-state index in [0.717, 1.165) is 75.7 Å². The van der Waals surface area contributed by atoms with Crippen molar-refractivity contribution >= 4 is 67.5 Å². The molecule has 0 saturated carbocycles. The van der Waals surface area contributed by atoms with Gasteiger partial charge in [-0.05, 0) is 126 Å². The molecule has 1 aromatic heterocycles. The van der Waals surface area contributed by atoms with Crippen molar-refractivity contribution in [2.45, 2.75) is 6.92 Å². The van der Waals surface area contributed by atoms with Crippen molar-refractivity contribution in [3.63, 3.8) is 0 Å². The van der Waals surface area contributed by atoms with Gasteiger partial charge >= 0.3 is 0 Å². The molecule has 2 aliphatic rings. The number of Topliss-reactive ketones (excluding diaryl/α,β-unsaturated/α-hetero) is 1. The fourth-order valence-electron chi connectivity index (χ4n) is 6.78. The SMILES string of the molecule is CC(=C1C=C(c2ccc(N(C)C)cc2)SC(c2ccc(N(C)C)cc2)=C1)C1=C([O-])C(=Cc2cc(-c3ccc(N(C)C)cc3)[s+]c(-c3ccc(N(C)C)cc3)c2)C1=O. The van der Waals surface area contributed by atoms with Crippen LogP contribution >= 0.6 is 23.1 Å². The van der Waals surface area contributed by atoms with Crippen LogP contribution in [-0.2, 0) is 4.79 Å². The molecule has 0 amide bonds. The predicted octanol–water partition coefficient (Wildman–Crippen LogP) is 10.4. The van der Waals surface area contributed by atoms with Crippen molar-refractivity contribution in [2.24, 2.45) is 0 Å². The Kier molecular flexibility index (Phi) is 11.3. The van der Waals surface area contributed by atoms with Gasteiger partial charge in [0, 0.05) is 123 Å². The van der Waals surface area contributed by atoms with Gasteiger partial charge in [0.2, 0.25) is 21.1 Å². The van der Waals surface area contributed by atoms with Crippen molar-refractivity contribution < 1.29 is 9.90 Å². The Morgan fingerprint density at radius 1 is 0.561 bits per heavy atom. The first kappa shape index (κ1) is 39.4. The smallest absolute Gasteiger partial charge is 0.239 e. The Bertz CT molecular complexity index is 2350. The maximum absolute atomic E-state index is 14.1.